The summed E-state index contributed by atoms with van der Waals surface area (Å²) in [4.78, 5) is 16.9. The van der Waals surface area contributed by atoms with Gasteiger partial charge in [-0.2, -0.15) is 0 Å². The first-order chi connectivity index (χ1) is 11.5. The van der Waals surface area contributed by atoms with Gasteiger partial charge in [0.1, 0.15) is 0 Å². The quantitative estimate of drug-likeness (QED) is 0.639. The monoisotopic (exact) mass is 440 g/mol. The fourth-order valence-corrected chi connectivity index (χ4v) is 3.11. The maximum Gasteiger partial charge on any atom is 0.224 e. The number of halogens is 3. The molecular weight excluding hydrogens is 407 g/mol. The number of nitrogens with two attached hydrogens (primary N) is 1. The van der Waals surface area contributed by atoms with E-state index in [2.05, 4.69) is 52.5 Å². The summed E-state index contributed by atoms with van der Waals surface area (Å²) in [6.07, 6.45) is 0.963. The fraction of sp³-hybridized carbons (Fsp3) is 0.632. The molecule has 0 saturated carbocycles. The van der Waals surface area contributed by atoms with E-state index in [4.69, 9.17) is 5.73 Å². The molecule has 1 fully saturated rings. The van der Waals surface area contributed by atoms with Crippen molar-refractivity contribution < 1.29 is 4.79 Å². The highest BCUT2D eigenvalue weighted by Crippen LogP contribution is 2.24. The number of benzene rings is 1. The number of piperazine rings is 1. The van der Waals surface area contributed by atoms with E-state index >= 15 is 0 Å². The Bertz CT molecular complexity index is 519. The van der Waals surface area contributed by atoms with Crippen molar-refractivity contribution in [1.29, 1.82) is 0 Å². The molecule has 0 spiro atoms. The van der Waals surface area contributed by atoms with Crippen LogP contribution >= 0.6 is 37.2 Å². The lowest BCUT2D eigenvalue weighted by Gasteiger charge is -2.40. The average molecular weight is 442 g/mol. The van der Waals surface area contributed by atoms with Gasteiger partial charge in [-0.05, 0) is 26.0 Å². The van der Waals surface area contributed by atoms with Crippen molar-refractivity contribution in [3.63, 3.8) is 0 Å². The number of hydrogen-bond donors (Lipinski definition) is 2. The minimum atomic E-state index is -0.134. The standard InChI is InChI=1S/C19H32N4O.3ClH/c1-15(16(2)20)19(24)21-10-7-11-23-13-12-22(3)14-18(23)17-8-5-4-6-9-17;;;/h4-6,8-9,15-16,18H,7,10-14,20H2,1-3H3,(H,21,24);3*1H. The van der Waals surface area contributed by atoms with Crippen molar-refractivity contribution >= 4 is 43.1 Å². The van der Waals surface area contributed by atoms with Crippen LogP contribution in [0.4, 0.5) is 0 Å². The third-order valence-corrected chi connectivity index (χ3v) is 5.00. The van der Waals surface area contributed by atoms with E-state index in [1.54, 1.807) is 0 Å². The molecule has 1 amide bonds. The molecule has 1 saturated heterocycles. The van der Waals surface area contributed by atoms with E-state index in [9.17, 15) is 4.79 Å². The fourth-order valence-electron chi connectivity index (χ4n) is 3.11. The molecule has 8 heteroatoms. The number of carbonyl (C=O) groups is 1. The Morgan fingerprint density at radius 2 is 1.81 bits per heavy atom. The lowest BCUT2D eigenvalue weighted by atomic mass is 10.0. The van der Waals surface area contributed by atoms with Crippen LogP contribution in [0.3, 0.4) is 0 Å². The zero-order valence-electron chi connectivity index (χ0n) is 16.5. The average Bonchev–Trinajstić information content (AvgIpc) is 2.59. The van der Waals surface area contributed by atoms with E-state index in [1.807, 2.05) is 13.8 Å². The third-order valence-electron chi connectivity index (χ3n) is 5.00. The Labute approximate surface area is 182 Å². The van der Waals surface area contributed by atoms with Gasteiger partial charge in [0.25, 0.3) is 0 Å². The van der Waals surface area contributed by atoms with Gasteiger partial charge >= 0.3 is 0 Å². The first kappa shape index (κ1) is 28.6. The van der Waals surface area contributed by atoms with Gasteiger partial charge in [-0.1, -0.05) is 37.3 Å². The summed E-state index contributed by atoms with van der Waals surface area (Å²) in [7, 11) is 2.18. The van der Waals surface area contributed by atoms with Crippen molar-refractivity contribution in [2.75, 3.05) is 39.8 Å². The molecule has 5 nitrogen and oxygen atoms in total. The van der Waals surface area contributed by atoms with Crippen LogP contribution in [0.1, 0.15) is 31.9 Å². The summed E-state index contributed by atoms with van der Waals surface area (Å²) in [6, 6.07) is 11.0. The minimum Gasteiger partial charge on any atom is -0.356 e. The summed E-state index contributed by atoms with van der Waals surface area (Å²) in [5.41, 5.74) is 7.15. The summed E-state index contributed by atoms with van der Waals surface area (Å²) < 4.78 is 0. The summed E-state index contributed by atoms with van der Waals surface area (Å²) in [5, 5.41) is 3.01. The predicted molar refractivity (Wildman–Crippen MR) is 120 cm³/mol. The highest BCUT2D eigenvalue weighted by molar-refractivity contribution is 5.86. The molecular formula is C19H35Cl3N4O. The molecule has 1 aliphatic heterocycles. The highest BCUT2D eigenvalue weighted by atomic mass is 35.5. The van der Waals surface area contributed by atoms with Crippen LogP contribution in [-0.4, -0.2) is 61.5 Å². The van der Waals surface area contributed by atoms with E-state index in [0.29, 0.717) is 12.6 Å². The number of nitrogens with zero attached hydrogens (tertiary/aromatic N) is 2. The Kier molecular flexibility index (Phi) is 15.3. The van der Waals surface area contributed by atoms with Crippen LogP contribution in [-0.2, 0) is 4.79 Å². The molecule has 0 aromatic heterocycles. The lowest BCUT2D eigenvalue weighted by Crippen LogP contribution is -2.47. The Balaban J connectivity index is 0. The molecule has 0 bridgehead atoms. The largest absolute Gasteiger partial charge is 0.356 e. The van der Waals surface area contributed by atoms with Gasteiger partial charge in [-0.15, -0.1) is 37.2 Å². The number of carbonyl (C=O) groups excluding carboxylic acids is 1. The van der Waals surface area contributed by atoms with Gasteiger partial charge in [-0.25, -0.2) is 0 Å². The predicted octanol–water partition coefficient (Wildman–Crippen LogP) is 2.73. The van der Waals surface area contributed by atoms with Gasteiger partial charge in [0, 0.05) is 50.7 Å². The number of likely N-dealkylation sites (N-methyl/N-ethyl adjacent to an activating group) is 1. The van der Waals surface area contributed by atoms with E-state index in [1.165, 1.54) is 5.56 Å². The Morgan fingerprint density at radius 3 is 2.41 bits per heavy atom. The van der Waals surface area contributed by atoms with Crippen LogP contribution in [0.25, 0.3) is 0 Å². The second-order valence-corrected chi connectivity index (χ2v) is 7.02. The van der Waals surface area contributed by atoms with E-state index < -0.39 is 0 Å². The first-order valence-electron chi connectivity index (χ1n) is 9.00. The maximum absolute atomic E-state index is 12.0. The first-order valence-corrected chi connectivity index (χ1v) is 9.00. The van der Waals surface area contributed by atoms with Crippen LogP contribution < -0.4 is 11.1 Å². The number of hydrogen-bond acceptors (Lipinski definition) is 4. The smallest absolute Gasteiger partial charge is 0.224 e. The molecule has 1 aliphatic rings. The molecule has 1 aromatic rings. The summed E-state index contributed by atoms with van der Waals surface area (Å²) >= 11 is 0. The van der Waals surface area contributed by atoms with Crippen LogP contribution in [0.5, 0.6) is 0 Å². The Morgan fingerprint density at radius 1 is 1.19 bits per heavy atom. The molecule has 0 aliphatic carbocycles. The van der Waals surface area contributed by atoms with Crippen molar-refractivity contribution in [3.8, 4) is 0 Å². The molecule has 158 valence electrons. The van der Waals surface area contributed by atoms with Crippen molar-refractivity contribution in [2.24, 2.45) is 11.7 Å². The second-order valence-electron chi connectivity index (χ2n) is 7.02. The molecule has 0 radical (unpaired) electrons. The highest BCUT2D eigenvalue weighted by Gasteiger charge is 2.26. The summed E-state index contributed by atoms with van der Waals surface area (Å²) in [5.74, 6) is -0.0753. The topological polar surface area (TPSA) is 61.6 Å². The van der Waals surface area contributed by atoms with E-state index in [-0.39, 0.29) is 55.1 Å². The molecule has 3 N–H and O–H groups in total. The summed E-state index contributed by atoms with van der Waals surface area (Å²) in [6.45, 7) is 8.69. The number of amides is 1. The normalized spacial score (nSPS) is 19.6. The number of rotatable bonds is 7. The van der Waals surface area contributed by atoms with Crippen molar-refractivity contribution in [3.05, 3.63) is 35.9 Å². The molecule has 1 heterocycles. The molecule has 3 unspecified atom stereocenters. The van der Waals surface area contributed by atoms with Crippen LogP contribution in [0.2, 0.25) is 0 Å². The second kappa shape index (κ2) is 14.4. The maximum atomic E-state index is 12.0. The molecule has 27 heavy (non-hydrogen) atoms. The zero-order valence-corrected chi connectivity index (χ0v) is 18.9. The van der Waals surface area contributed by atoms with Gasteiger partial charge in [0.15, 0.2) is 0 Å². The molecule has 1 aromatic carbocycles. The molecule has 2 rings (SSSR count). The lowest BCUT2D eigenvalue weighted by molar-refractivity contribution is -0.124. The van der Waals surface area contributed by atoms with Crippen molar-refractivity contribution in [2.45, 2.75) is 32.4 Å². The SMILES string of the molecule is CC(N)C(C)C(=O)NCCCN1CCN(C)CC1c1ccccc1.Cl.Cl.Cl. The van der Waals surface area contributed by atoms with E-state index in [0.717, 1.165) is 32.6 Å². The minimum absolute atomic E-state index is 0. The Hall–Kier alpha value is -0.560. The molecule has 3 atom stereocenters. The van der Waals surface area contributed by atoms with Gasteiger partial charge in [0.2, 0.25) is 5.91 Å². The van der Waals surface area contributed by atoms with Crippen LogP contribution in [0, 0.1) is 5.92 Å². The zero-order chi connectivity index (χ0) is 17.5. The van der Waals surface area contributed by atoms with Crippen molar-refractivity contribution in [1.82, 2.24) is 15.1 Å². The third kappa shape index (κ3) is 8.99. The van der Waals surface area contributed by atoms with Crippen LogP contribution in [0.15, 0.2) is 30.3 Å². The van der Waals surface area contributed by atoms with Gasteiger partial charge in [0.05, 0.1) is 0 Å². The van der Waals surface area contributed by atoms with Gasteiger partial charge < -0.3 is 16.0 Å². The number of nitrogens with one attached hydrogen (secondary N) is 1. The van der Waals surface area contributed by atoms with Gasteiger partial charge in [-0.3, -0.25) is 9.69 Å².